The molecule has 2 aliphatic rings. The molecule has 0 unspecified atom stereocenters. The van der Waals surface area contributed by atoms with E-state index in [1.807, 2.05) is 35.7 Å². The lowest BCUT2D eigenvalue weighted by molar-refractivity contribution is -0.114. The summed E-state index contributed by atoms with van der Waals surface area (Å²) >= 11 is 1.34. The van der Waals surface area contributed by atoms with Crippen LogP contribution in [0.4, 0.5) is 0 Å². The van der Waals surface area contributed by atoms with Gasteiger partial charge < -0.3 is 9.47 Å². The molecule has 6 nitrogen and oxygen atoms in total. The summed E-state index contributed by atoms with van der Waals surface area (Å²) < 4.78 is 11.0. The fourth-order valence-electron chi connectivity index (χ4n) is 3.12. The molecule has 0 aliphatic carbocycles. The summed E-state index contributed by atoms with van der Waals surface area (Å²) in [4.78, 5) is 18.5. The van der Waals surface area contributed by atoms with Gasteiger partial charge in [-0.15, -0.1) is 0 Å². The van der Waals surface area contributed by atoms with E-state index in [0.717, 1.165) is 11.3 Å². The number of ether oxygens (including phenoxy) is 2. The molecule has 0 spiro atoms. The standard InChI is InChI=1S/C23H19N3O3S/c1-3-11-29-19-10-9-15(13-20(19)28-2)12-17-21(24)26-18(16-7-5-4-6-8-16)14-30-23(26)25-22(17)27/h3-10,12-14,24H,1,11H2,2H3/b17-12-,24-21?. The van der Waals surface area contributed by atoms with Gasteiger partial charge in [-0.25, -0.2) is 0 Å². The van der Waals surface area contributed by atoms with E-state index in [0.29, 0.717) is 28.8 Å². The zero-order valence-corrected chi connectivity index (χ0v) is 17.1. The summed E-state index contributed by atoms with van der Waals surface area (Å²) in [7, 11) is 1.55. The number of nitrogens with one attached hydrogen (secondary N) is 1. The number of hydrogen-bond acceptors (Lipinski definition) is 5. The summed E-state index contributed by atoms with van der Waals surface area (Å²) in [5.74, 6) is 0.769. The quantitative estimate of drug-likeness (QED) is 0.551. The lowest BCUT2D eigenvalue weighted by Crippen LogP contribution is -2.38. The van der Waals surface area contributed by atoms with Crippen molar-refractivity contribution in [1.82, 2.24) is 4.90 Å². The number of amides is 1. The van der Waals surface area contributed by atoms with Crippen LogP contribution in [-0.2, 0) is 4.79 Å². The maximum Gasteiger partial charge on any atom is 0.283 e. The number of carbonyl (C=O) groups excluding carboxylic acids is 1. The van der Waals surface area contributed by atoms with Gasteiger partial charge in [-0.3, -0.25) is 15.1 Å². The monoisotopic (exact) mass is 417 g/mol. The van der Waals surface area contributed by atoms with Crippen molar-refractivity contribution in [3.05, 3.63) is 83.3 Å². The van der Waals surface area contributed by atoms with Crippen LogP contribution in [0.3, 0.4) is 0 Å². The lowest BCUT2D eigenvalue weighted by Gasteiger charge is -2.27. The highest BCUT2D eigenvalue weighted by Crippen LogP contribution is 2.37. The van der Waals surface area contributed by atoms with Crippen molar-refractivity contribution in [2.75, 3.05) is 13.7 Å². The Morgan fingerprint density at radius 3 is 2.73 bits per heavy atom. The molecule has 0 saturated carbocycles. The number of rotatable bonds is 6. The fraction of sp³-hybridized carbons (Fsp3) is 0.0870. The molecule has 0 bridgehead atoms. The predicted octanol–water partition coefficient (Wildman–Crippen LogP) is 4.56. The van der Waals surface area contributed by atoms with Gasteiger partial charge in [-0.05, 0) is 29.3 Å². The highest BCUT2D eigenvalue weighted by Gasteiger charge is 2.36. The largest absolute Gasteiger partial charge is 0.493 e. The van der Waals surface area contributed by atoms with Gasteiger partial charge in [0.1, 0.15) is 12.4 Å². The number of hydrogen-bond donors (Lipinski definition) is 1. The van der Waals surface area contributed by atoms with E-state index in [9.17, 15) is 4.79 Å². The van der Waals surface area contributed by atoms with Crippen molar-refractivity contribution in [3.63, 3.8) is 0 Å². The maximum atomic E-state index is 12.6. The van der Waals surface area contributed by atoms with Gasteiger partial charge in [0.15, 0.2) is 16.7 Å². The van der Waals surface area contributed by atoms with Gasteiger partial charge in [0.2, 0.25) is 0 Å². The van der Waals surface area contributed by atoms with Crippen LogP contribution in [0.5, 0.6) is 11.5 Å². The van der Waals surface area contributed by atoms with Gasteiger partial charge >= 0.3 is 0 Å². The fourth-order valence-corrected chi connectivity index (χ4v) is 4.01. The molecule has 4 rings (SSSR count). The topological polar surface area (TPSA) is 75.0 Å². The van der Waals surface area contributed by atoms with E-state index in [2.05, 4.69) is 11.6 Å². The molecule has 2 aliphatic heterocycles. The van der Waals surface area contributed by atoms with Crippen LogP contribution in [-0.4, -0.2) is 35.5 Å². The molecular weight excluding hydrogens is 398 g/mol. The molecule has 0 aromatic heterocycles. The summed E-state index contributed by atoms with van der Waals surface area (Å²) in [6.07, 6.45) is 3.30. The molecule has 1 N–H and O–H groups in total. The van der Waals surface area contributed by atoms with E-state index < -0.39 is 5.91 Å². The Kier molecular flexibility index (Phi) is 5.54. The van der Waals surface area contributed by atoms with Gasteiger partial charge in [0.05, 0.1) is 18.4 Å². The molecular formula is C23H19N3O3S. The Morgan fingerprint density at radius 1 is 1.20 bits per heavy atom. The van der Waals surface area contributed by atoms with E-state index in [1.54, 1.807) is 42.4 Å². The first-order valence-electron chi connectivity index (χ1n) is 9.20. The first-order valence-corrected chi connectivity index (χ1v) is 10.1. The summed E-state index contributed by atoms with van der Waals surface area (Å²) in [6, 6.07) is 15.1. The SMILES string of the molecule is C=CCOc1ccc(/C=C2/C(=N)N3C(c4ccccc4)=CSC3=NC2=O)cc1OC. The van der Waals surface area contributed by atoms with E-state index in [1.165, 1.54) is 11.8 Å². The Hall–Kier alpha value is -3.58. The van der Waals surface area contributed by atoms with E-state index in [4.69, 9.17) is 14.9 Å². The van der Waals surface area contributed by atoms with E-state index in [-0.39, 0.29) is 11.4 Å². The molecule has 1 amide bonds. The molecule has 7 heteroatoms. The Balaban J connectivity index is 1.68. The number of carbonyl (C=O) groups is 1. The zero-order valence-electron chi connectivity index (χ0n) is 16.3. The number of amidine groups is 2. The minimum Gasteiger partial charge on any atom is -0.493 e. The smallest absolute Gasteiger partial charge is 0.283 e. The highest BCUT2D eigenvalue weighted by molar-refractivity contribution is 8.17. The Morgan fingerprint density at radius 2 is 2.00 bits per heavy atom. The average molecular weight is 417 g/mol. The third-order valence-electron chi connectivity index (χ3n) is 4.54. The van der Waals surface area contributed by atoms with Crippen LogP contribution >= 0.6 is 11.8 Å². The van der Waals surface area contributed by atoms with Crippen molar-refractivity contribution in [1.29, 1.82) is 5.41 Å². The van der Waals surface area contributed by atoms with Crippen molar-refractivity contribution in [2.24, 2.45) is 4.99 Å². The van der Waals surface area contributed by atoms with Crippen molar-refractivity contribution in [3.8, 4) is 11.5 Å². The van der Waals surface area contributed by atoms with Crippen LogP contribution < -0.4 is 9.47 Å². The van der Waals surface area contributed by atoms with Gasteiger partial charge in [-0.1, -0.05) is 60.8 Å². The third kappa shape index (κ3) is 3.67. The molecule has 150 valence electrons. The summed E-state index contributed by atoms with van der Waals surface area (Å²) in [6.45, 7) is 4.00. The number of methoxy groups -OCH3 is 1. The molecule has 2 aromatic carbocycles. The molecule has 2 heterocycles. The maximum absolute atomic E-state index is 12.6. The lowest BCUT2D eigenvalue weighted by atomic mass is 10.1. The van der Waals surface area contributed by atoms with Crippen molar-refractivity contribution >= 4 is 40.4 Å². The Bertz CT molecular complexity index is 1120. The van der Waals surface area contributed by atoms with Crippen LogP contribution in [0, 0.1) is 5.41 Å². The van der Waals surface area contributed by atoms with Gasteiger partial charge in [0.25, 0.3) is 5.91 Å². The van der Waals surface area contributed by atoms with Crippen LogP contribution in [0.2, 0.25) is 0 Å². The molecule has 0 fully saturated rings. The van der Waals surface area contributed by atoms with Crippen LogP contribution in [0.25, 0.3) is 11.8 Å². The first-order chi connectivity index (χ1) is 14.6. The molecule has 0 saturated heterocycles. The highest BCUT2D eigenvalue weighted by atomic mass is 32.2. The molecule has 0 radical (unpaired) electrons. The normalized spacial score (nSPS) is 16.8. The third-order valence-corrected chi connectivity index (χ3v) is 5.37. The summed E-state index contributed by atoms with van der Waals surface area (Å²) in [5.41, 5.74) is 2.71. The van der Waals surface area contributed by atoms with Crippen molar-refractivity contribution < 1.29 is 14.3 Å². The first kappa shape index (κ1) is 19.7. The van der Waals surface area contributed by atoms with Crippen molar-refractivity contribution in [2.45, 2.75) is 0 Å². The number of nitrogens with zero attached hydrogens (tertiary/aromatic N) is 2. The minimum absolute atomic E-state index is 0.0936. The second kappa shape index (κ2) is 8.42. The second-order valence-corrected chi connectivity index (χ2v) is 7.28. The van der Waals surface area contributed by atoms with Crippen LogP contribution in [0.15, 0.2) is 77.2 Å². The van der Waals surface area contributed by atoms with Crippen LogP contribution in [0.1, 0.15) is 11.1 Å². The molecule has 0 atom stereocenters. The number of benzene rings is 2. The summed E-state index contributed by atoms with van der Waals surface area (Å²) in [5, 5.41) is 11.1. The average Bonchev–Trinajstić information content (AvgIpc) is 3.20. The van der Waals surface area contributed by atoms with E-state index >= 15 is 0 Å². The van der Waals surface area contributed by atoms with Gasteiger partial charge in [-0.2, -0.15) is 4.99 Å². The Labute approximate surface area is 178 Å². The minimum atomic E-state index is -0.438. The second-order valence-electron chi connectivity index (χ2n) is 6.44. The predicted molar refractivity (Wildman–Crippen MR) is 121 cm³/mol. The molecule has 2 aromatic rings. The zero-order chi connectivity index (χ0) is 21.1. The van der Waals surface area contributed by atoms with Gasteiger partial charge in [0, 0.05) is 5.41 Å². The molecule has 30 heavy (non-hydrogen) atoms. The number of aliphatic imine (C=N–C) groups is 1. The number of thioether (sulfide) groups is 1. The number of fused-ring (bicyclic) bond motifs is 1.